The van der Waals surface area contributed by atoms with Crippen molar-refractivity contribution in [1.29, 1.82) is 0 Å². The third-order valence-electron chi connectivity index (χ3n) is 4.57. The molecule has 0 saturated carbocycles. The third-order valence-corrected chi connectivity index (χ3v) is 4.57. The Morgan fingerprint density at radius 1 is 1.22 bits per heavy atom. The minimum absolute atomic E-state index is 0.806. The van der Waals surface area contributed by atoms with E-state index in [4.69, 9.17) is 4.74 Å². The Morgan fingerprint density at radius 3 is 2.67 bits per heavy atom. The Morgan fingerprint density at radius 2 is 2.00 bits per heavy atom. The molecule has 1 N–H and O–H groups in total. The maximum absolute atomic E-state index is 5.39. The Hall–Kier alpha value is -1.02. The fraction of sp³-hybridized carbons (Fsp3) is 0.625. The number of quaternary nitrogens is 1. The van der Waals surface area contributed by atoms with Crippen LogP contribution in [0.3, 0.4) is 0 Å². The van der Waals surface area contributed by atoms with Gasteiger partial charge in [0.1, 0.15) is 12.3 Å². The SMILES string of the molecule is COc1ccc(C[NH+]2CCCC[C@@H]2C)c(C)c1C. The molecule has 1 saturated heterocycles. The number of methoxy groups -OCH3 is 1. The summed E-state index contributed by atoms with van der Waals surface area (Å²) in [6, 6.07) is 5.17. The van der Waals surface area contributed by atoms with Gasteiger partial charge in [0.05, 0.1) is 19.7 Å². The molecule has 2 heteroatoms. The summed E-state index contributed by atoms with van der Waals surface area (Å²) in [7, 11) is 1.75. The van der Waals surface area contributed by atoms with Gasteiger partial charge in [-0.25, -0.2) is 0 Å². The van der Waals surface area contributed by atoms with Gasteiger partial charge < -0.3 is 9.64 Å². The second kappa shape index (κ2) is 5.75. The number of ether oxygens (including phenoxy) is 1. The molecule has 1 unspecified atom stereocenters. The Kier molecular flexibility index (Phi) is 4.28. The van der Waals surface area contributed by atoms with Crippen LogP contribution in [0.1, 0.15) is 42.9 Å². The first-order chi connectivity index (χ1) is 8.63. The number of piperidine rings is 1. The molecule has 100 valence electrons. The highest BCUT2D eigenvalue weighted by Gasteiger charge is 2.22. The molecule has 2 nitrogen and oxygen atoms in total. The fourth-order valence-corrected chi connectivity index (χ4v) is 3.02. The molecule has 0 radical (unpaired) electrons. The lowest BCUT2D eigenvalue weighted by Gasteiger charge is -2.30. The molecule has 1 aromatic carbocycles. The van der Waals surface area contributed by atoms with Gasteiger partial charge >= 0.3 is 0 Å². The smallest absolute Gasteiger partial charge is 0.122 e. The maximum atomic E-state index is 5.39. The summed E-state index contributed by atoms with van der Waals surface area (Å²) in [4.78, 5) is 1.74. The molecule has 0 amide bonds. The molecule has 0 spiro atoms. The van der Waals surface area contributed by atoms with Crippen molar-refractivity contribution in [2.24, 2.45) is 0 Å². The zero-order valence-corrected chi connectivity index (χ0v) is 12.2. The molecule has 18 heavy (non-hydrogen) atoms. The monoisotopic (exact) mass is 248 g/mol. The Bertz CT molecular complexity index is 414. The number of hydrogen-bond acceptors (Lipinski definition) is 1. The van der Waals surface area contributed by atoms with Gasteiger partial charge in [-0.3, -0.25) is 0 Å². The normalized spacial score (nSPS) is 24.0. The van der Waals surface area contributed by atoms with Crippen molar-refractivity contribution in [3.8, 4) is 5.75 Å². The van der Waals surface area contributed by atoms with Crippen LogP contribution >= 0.6 is 0 Å². The first-order valence-electron chi connectivity index (χ1n) is 7.11. The van der Waals surface area contributed by atoms with Crippen molar-refractivity contribution in [1.82, 2.24) is 0 Å². The first kappa shape index (κ1) is 13.4. The van der Waals surface area contributed by atoms with Crippen molar-refractivity contribution in [3.63, 3.8) is 0 Å². The second-order valence-corrected chi connectivity index (χ2v) is 5.66. The average molecular weight is 248 g/mol. The molecule has 1 heterocycles. The minimum Gasteiger partial charge on any atom is -0.496 e. The fourth-order valence-electron chi connectivity index (χ4n) is 3.02. The van der Waals surface area contributed by atoms with Crippen LogP contribution in [-0.2, 0) is 6.54 Å². The highest BCUT2D eigenvalue weighted by Crippen LogP contribution is 2.23. The van der Waals surface area contributed by atoms with E-state index in [1.54, 1.807) is 12.0 Å². The average Bonchev–Trinajstić information content (AvgIpc) is 2.38. The number of hydrogen-bond donors (Lipinski definition) is 1. The molecule has 0 aliphatic carbocycles. The number of benzene rings is 1. The van der Waals surface area contributed by atoms with Gasteiger partial charge in [-0.2, -0.15) is 0 Å². The highest BCUT2D eigenvalue weighted by atomic mass is 16.5. The van der Waals surface area contributed by atoms with E-state index in [0.29, 0.717) is 0 Å². The van der Waals surface area contributed by atoms with E-state index in [1.165, 1.54) is 42.5 Å². The summed E-state index contributed by atoms with van der Waals surface area (Å²) in [5, 5.41) is 0. The number of nitrogens with one attached hydrogen (secondary N) is 1. The van der Waals surface area contributed by atoms with E-state index >= 15 is 0 Å². The summed E-state index contributed by atoms with van der Waals surface area (Å²) in [6.45, 7) is 9.26. The summed E-state index contributed by atoms with van der Waals surface area (Å²) in [5.41, 5.74) is 4.18. The molecule has 1 aliphatic heterocycles. The summed E-state index contributed by atoms with van der Waals surface area (Å²) in [5.74, 6) is 1.01. The molecule has 0 bridgehead atoms. The van der Waals surface area contributed by atoms with E-state index in [0.717, 1.165) is 18.3 Å². The molecule has 2 rings (SSSR count). The number of likely N-dealkylation sites (tertiary alicyclic amines) is 1. The van der Waals surface area contributed by atoms with Crippen LogP contribution < -0.4 is 9.64 Å². The molecule has 2 atom stereocenters. The predicted molar refractivity (Wildman–Crippen MR) is 75.3 cm³/mol. The van der Waals surface area contributed by atoms with Crippen molar-refractivity contribution >= 4 is 0 Å². The van der Waals surface area contributed by atoms with Crippen LogP contribution in [0.25, 0.3) is 0 Å². The van der Waals surface area contributed by atoms with Gasteiger partial charge in [-0.05, 0) is 63.3 Å². The van der Waals surface area contributed by atoms with Crippen LogP contribution in [0.2, 0.25) is 0 Å². The topological polar surface area (TPSA) is 13.7 Å². The zero-order chi connectivity index (χ0) is 13.1. The van der Waals surface area contributed by atoms with E-state index in [2.05, 4.69) is 32.9 Å². The quantitative estimate of drug-likeness (QED) is 0.866. The second-order valence-electron chi connectivity index (χ2n) is 5.66. The van der Waals surface area contributed by atoms with E-state index in [1.807, 2.05) is 0 Å². The van der Waals surface area contributed by atoms with E-state index < -0.39 is 0 Å². The summed E-state index contributed by atoms with van der Waals surface area (Å²) >= 11 is 0. The molecule has 1 aromatic rings. The lowest BCUT2D eigenvalue weighted by molar-refractivity contribution is -0.941. The maximum Gasteiger partial charge on any atom is 0.122 e. The molecule has 1 aliphatic rings. The van der Waals surface area contributed by atoms with Gasteiger partial charge in [0.25, 0.3) is 0 Å². The Labute approximate surface area is 111 Å². The van der Waals surface area contributed by atoms with Gasteiger partial charge in [-0.15, -0.1) is 0 Å². The van der Waals surface area contributed by atoms with Gasteiger partial charge in [-0.1, -0.05) is 0 Å². The molecular weight excluding hydrogens is 222 g/mol. The van der Waals surface area contributed by atoms with Crippen molar-refractivity contribution < 1.29 is 9.64 Å². The predicted octanol–water partition coefficient (Wildman–Crippen LogP) is 2.27. The third kappa shape index (κ3) is 2.69. The molecular formula is C16H26NO+. The van der Waals surface area contributed by atoms with Crippen molar-refractivity contribution in [3.05, 3.63) is 28.8 Å². The van der Waals surface area contributed by atoms with Gasteiger partial charge in [0.15, 0.2) is 0 Å². The van der Waals surface area contributed by atoms with Gasteiger partial charge in [0.2, 0.25) is 0 Å². The standard InChI is InChI=1S/C16H25NO/c1-12-7-5-6-10-17(12)11-15-8-9-16(18-4)14(3)13(15)2/h8-9,12H,5-7,10-11H2,1-4H3/p+1/t12-/m0/s1. The first-order valence-corrected chi connectivity index (χ1v) is 7.11. The van der Waals surface area contributed by atoms with Crippen LogP contribution in [0.4, 0.5) is 0 Å². The molecule has 0 aromatic heterocycles. The van der Waals surface area contributed by atoms with Crippen molar-refractivity contribution in [2.75, 3.05) is 13.7 Å². The van der Waals surface area contributed by atoms with Crippen LogP contribution in [0, 0.1) is 13.8 Å². The van der Waals surface area contributed by atoms with Crippen LogP contribution in [-0.4, -0.2) is 19.7 Å². The van der Waals surface area contributed by atoms with E-state index in [-0.39, 0.29) is 0 Å². The lowest BCUT2D eigenvalue weighted by Crippen LogP contribution is -3.14. The minimum atomic E-state index is 0.806. The highest BCUT2D eigenvalue weighted by molar-refractivity contribution is 5.43. The lowest BCUT2D eigenvalue weighted by atomic mass is 9.99. The molecule has 1 fully saturated rings. The van der Waals surface area contributed by atoms with E-state index in [9.17, 15) is 0 Å². The largest absolute Gasteiger partial charge is 0.496 e. The zero-order valence-electron chi connectivity index (χ0n) is 12.2. The summed E-state index contributed by atoms with van der Waals surface area (Å²) in [6.07, 6.45) is 4.17. The van der Waals surface area contributed by atoms with Crippen LogP contribution in [0.5, 0.6) is 5.75 Å². The summed E-state index contributed by atoms with van der Waals surface area (Å²) < 4.78 is 5.39. The van der Waals surface area contributed by atoms with Gasteiger partial charge in [0, 0.05) is 5.56 Å². The Balaban J connectivity index is 2.16. The van der Waals surface area contributed by atoms with Crippen molar-refractivity contribution in [2.45, 2.75) is 52.6 Å². The van der Waals surface area contributed by atoms with Crippen LogP contribution in [0.15, 0.2) is 12.1 Å². The number of rotatable bonds is 3.